The van der Waals surface area contributed by atoms with Crippen LogP contribution in [-0.2, 0) is 16.6 Å². The summed E-state index contributed by atoms with van der Waals surface area (Å²) >= 11 is 2.62. The van der Waals surface area contributed by atoms with Gasteiger partial charge in [-0.15, -0.1) is 22.7 Å². The normalized spacial score (nSPS) is 11.4. The van der Waals surface area contributed by atoms with Gasteiger partial charge in [-0.05, 0) is 0 Å². The molecule has 0 aliphatic carbocycles. The molecule has 0 saturated heterocycles. The minimum absolute atomic E-state index is 0.0705. The maximum absolute atomic E-state index is 12.1. The van der Waals surface area contributed by atoms with E-state index < -0.39 is 5.91 Å². The maximum atomic E-state index is 12.1. The lowest BCUT2D eigenvalue weighted by atomic mass is 9.98. The van der Waals surface area contributed by atoms with Crippen LogP contribution >= 0.6 is 22.7 Å². The first-order valence-electron chi connectivity index (χ1n) is 6.26. The number of primary amides is 1. The number of aromatic nitrogens is 2. The molecule has 2 heterocycles. The van der Waals surface area contributed by atoms with Gasteiger partial charge >= 0.3 is 0 Å². The third-order valence-corrected chi connectivity index (χ3v) is 4.73. The molecule has 0 radical (unpaired) electrons. The molecule has 2 aromatic heterocycles. The number of carbonyl (C=O) groups is 2. The van der Waals surface area contributed by atoms with Gasteiger partial charge < -0.3 is 5.73 Å². The van der Waals surface area contributed by atoms with Crippen molar-refractivity contribution in [3.05, 3.63) is 27.2 Å². The number of thiazole rings is 2. The highest BCUT2D eigenvalue weighted by Crippen LogP contribution is 2.27. The van der Waals surface area contributed by atoms with Gasteiger partial charge in [0, 0.05) is 10.8 Å². The van der Waals surface area contributed by atoms with Gasteiger partial charge in [0.15, 0.2) is 5.13 Å². The first-order chi connectivity index (χ1) is 9.75. The summed E-state index contributed by atoms with van der Waals surface area (Å²) in [6, 6.07) is 0. The van der Waals surface area contributed by atoms with E-state index in [1.54, 1.807) is 11.6 Å². The molecule has 2 rings (SSSR count). The lowest BCUT2D eigenvalue weighted by molar-refractivity contribution is -0.117. The minimum atomic E-state index is -0.449. The van der Waals surface area contributed by atoms with Crippen molar-refractivity contribution in [3.63, 3.8) is 0 Å². The van der Waals surface area contributed by atoms with Crippen LogP contribution < -0.4 is 11.1 Å². The Labute approximate surface area is 130 Å². The van der Waals surface area contributed by atoms with Crippen LogP contribution in [0.15, 0.2) is 11.6 Å². The molecular weight excluding hydrogens is 308 g/mol. The Morgan fingerprint density at radius 3 is 2.67 bits per heavy atom. The molecule has 0 fully saturated rings. The number of nitrogens with two attached hydrogens (primary N) is 1. The first-order valence-corrected chi connectivity index (χ1v) is 7.95. The summed E-state index contributed by atoms with van der Waals surface area (Å²) in [5.41, 5.74) is 5.57. The van der Waals surface area contributed by atoms with E-state index in [2.05, 4.69) is 15.3 Å². The van der Waals surface area contributed by atoms with Crippen LogP contribution in [0.3, 0.4) is 0 Å². The van der Waals surface area contributed by atoms with Crippen molar-refractivity contribution in [3.8, 4) is 0 Å². The molecule has 2 amide bonds. The average molecular weight is 324 g/mol. The Bertz CT molecular complexity index is 670. The van der Waals surface area contributed by atoms with Gasteiger partial charge in [0.1, 0.15) is 4.88 Å². The van der Waals surface area contributed by atoms with E-state index in [0.29, 0.717) is 15.7 Å². The van der Waals surface area contributed by atoms with Crippen molar-refractivity contribution in [2.45, 2.75) is 32.6 Å². The van der Waals surface area contributed by atoms with Crippen molar-refractivity contribution in [1.82, 2.24) is 9.97 Å². The summed E-state index contributed by atoms with van der Waals surface area (Å²) in [5, 5.41) is 5.76. The number of nitrogens with one attached hydrogen (secondary N) is 1. The fourth-order valence-electron chi connectivity index (χ4n) is 1.51. The molecule has 0 aliphatic rings. The van der Waals surface area contributed by atoms with E-state index in [4.69, 9.17) is 5.73 Å². The number of carbonyl (C=O) groups excluding carboxylic acids is 2. The van der Waals surface area contributed by atoms with Gasteiger partial charge in [-0.25, -0.2) is 9.97 Å². The smallest absolute Gasteiger partial charge is 0.269 e. The van der Waals surface area contributed by atoms with Crippen LogP contribution in [-0.4, -0.2) is 21.8 Å². The summed E-state index contributed by atoms with van der Waals surface area (Å²) in [4.78, 5) is 31.9. The molecule has 0 aliphatic heterocycles. The van der Waals surface area contributed by atoms with Crippen LogP contribution in [0, 0.1) is 0 Å². The SMILES string of the molecule is CC(C)(C)c1ncc(C(=O)Nc2nc(CC(N)=O)cs2)s1. The Kier molecular flexibility index (Phi) is 4.38. The number of rotatable bonds is 4. The van der Waals surface area contributed by atoms with Crippen molar-refractivity contribution < 1.29 is 9.59 Å². The Morgan fingerprint density at radius 1 is 1.38 bits per heavy atom. The van der Waals surface area contributed by atoms with E-state index in [9.17, 15) is 9.59 Å². The molecule has 0 aromatic carbocycles. The van der Waals surface area contributed by atoms with Gasteiger partial charge in [0.05, 0.1) is 23.3 Å². The molecule has 3 N–H and O–H groups in total. The Hall–Kier alpha value is -1.80. The third-order valence-electron chi connectivity index (χ3n) is 2.50. The van der Waals surface area contributed by atoms with Gasteiger partial charge in [-0.1, -0.05) is 20.8 Å². The summed E-state index contributed by atoms with van der Waals surface area (Å²) in [6.07, 6.45) is 1.64. The summed E-state index contributed by atoms with van der Waals surface area (Å²) in [6.45, 7) is 6.14. The van der Waals surface area contributed by atoms with Gasteiger partial charge in [-0.2, -0.15) is 0 Å². The zero-order valence-corrected chi connectivity index (χ0v) is 13.6. The molecule has 0 atom stereocenters. The lowest BCUT2D eigenvalue weighted by Gasteiger charge is -2.13. The van der Waals surface area contributed by atoms with E-state index in [0.717, 1.165) is 5.01 Å². The zero-order valence-electron chi connectivity index (χ0n) is 12.0. The fourth-order valence-corrected chi connectivity index (χ4v) is 3.08. The van der Waals surface area contributed by atoms with Crippen LogP contribution in [0.5, 0.6) is 0 Å². The number of hydrogen-bond donors (Lipinski definition) is 2. The second kappa shape index (κ2) is 5.90. The molecular formula is C13H16N4O2S2. The van der Waals surface area contributed by atoms with Gasteiger partial charge in [0.2, 0.25) is 5.91 Å². The first kappa shape index (κ1) is 15.6. The standard InChI is InChI=1S/C13H16N4O2S2/c1-13(2,3)11-15-5-8(21-11)10(19)17-12-16-7(6-20-12)4-9(14)18/h5-6H,4H2,1-3H3,(H2,14,18)(H,16,17,19). The zero-order chi connectivity index (χ0) is 15.6. The lowest BCUT2D eigenvalue weighted by Crippen LogP contribution is -2.14. The van der Waals surface area contributed by atoms with Crippen molar-refractivity contribution in [1.29, 1.82) is 0 Å². The van der Waals surface area contributed by atoms with E-state index in [-0.39, 0.29) is 17.7 Å². The highest BCUT2D eigenvalue weighted by molar-refractivity contribution is 7.15. The fraction of sp³-hybridized carbons (Fsp3) is 0.385. The molecule has 0 bridgehead atoms. The average Bonchev–Trinajstić information content (AvgIpc) is 2.96. The quantitative estimate of drug-likeness (QED) is 0.900. The van der Waals surface area contributed by atoms with Crippen molar-refractivity contribution >= 4 is 39.6 Å². The van der Waals surface area contributed by atoms with E-state index in [1.165, 1.54) is 22.7 Å². The van der Waals surface area contributed by atoms with Crippen LogP contribution in [0.25, 0.3) is 0 Å². The summed E-state index contributed by atoms with van der Waals surface area (Å²) in [5.74, 6) is -0.696. The second-order valence-corrected chi connectivity index (χ2v) is 7.41. The van der Waals surface area contributed by atoms with Crippen molar-refractivity contribution in [2.75, 3.05) is 5.32 Å². The predicted molar refractivity (Wildman–Crippen MR) is 83.8 cm³/mol. The molecule has 0 unspecified atom stereocenters. The number of amides is 2. The number of hydrogen-bond acceptors (Lipinski definition) is 6. The largest absolute Gasteiger partial charge is 0.369 e. The third kappa shape index (κ3) is 4.08. The second-order valence-electron chi connectivity index (χ2n) is 5.52. The van der Waals surface area contributed by atoms with Gasteiger partial charge in [0.25, 0.3) is 5.91 Å². The topological polar surface area (TPSA) is 98.0 Å². The highest BCUT2D eigenvalue weighted by Gasteiger charge is 2.20. The van der Waals surface area contributed by atoms with Crippen LogP contribution in [0.1, 0.15) is 41.1 Å². The summed E-state index contributed by atoms with van der Waals surface area (Å²) in [7, 11) is 0. The van der Waals surface area contributed by atoms with Crippen molar-refractivity contribution in [2.24, 2.45) is 5.73 Å². The van der Waals surface area contributed by atoms with E-state index in [1.807, 2.05) is 20.8 Å². The van der Waals surface area contributed by atoms with E-state index >= 15 is 0 Å². The Morgan fingerprint density at radius 2 is 2.10 bits per heavy atom. The van der Waals surface area contributed by atoms with Crippen LogP contribution in [0.2, 0.25) is 0 Å². The number of anilines is 1. The molecule has 21 heavy (non-hydrogen) atoms. The molecule has 2 aromatic rings. The minimum Gasteiger partial charge on any atom is -0.369 e. The van der Waals surface area contributed by atoms with Crippen LogP contribution in [0.4, 0.5) is 5.13 Å². The van der Waals surface area contributed by atoms with Gasteiger partial charge in [-0.3, -0.25) is 14.9 Å². The molecule has 0 spiro atoms. The molecule has 0 saturated carbocycles. The monoisotopic (exact) mass is 324 g/mol. The summed E-state index contributed by atoms with van der Waals surface area (Å²) < 4.78 is 0. The predicted octanol–water partition coefficient (Wildman–Crippen LogP) is 2.18. The molecule has 6 nitrogen and oxygen atoms in total. The maximum Gasteiger partial charge on any atom is 0.269 e. The molecule has 8 heteroatoms. The Balaban J connectivity index is 2.06. The number of nitrogens with zero attached hydrogens (tertiary/aromatic N) is 2. The highest BCUT2D eigenvalue weighted by atomic mass is 32.1. The molecule has 112 valence electrons.